The summed E-state index contributed by atoms with van der Waals surface area (Å²) in [6, 6.07) is 10.8. The van der Waals surface area contributed by atoms with E-state index in [2.05, 4.69) is 0 Å². The fraction of sp³-hybridized carbons (Fsp3) is 0. The summed E-state index contributed by atoms with van der Waals surface area (Å²) in [5, 5.41) is 1.10. The van der Waals surface area contributed by atoms with Crippen LogP contribution in [0.15, 0.2) is 163 Å². The van der Waals surface area contributed by atoms with Gasteiger partial charge in [-0.05, 0) is 47.4 Å². The predicted octanol–water partition coefficient (Wildman–Crippen LogP) is 11.8. The molecular weight excluding hydrogens is 643 g/mol. The van der Waals surface area contributed by atoms with Gasteiger partial charge in [-0.15, -0.1) is 11.3 Å². The van der Waals surface area contributed by atoms with Gasteiger partial charge in [0.05, 0.1) is 44.0 Å². The molecule has 11 rings (SSSR count). The number of thiophene rings is 1. The molecule has 0 saturated heterocycles. The molecule has 0 N–H and O–H groups in total. The van der Waals surface area contributed by atoms with E-state index in [0.717, 1.165) is 40.4 Å². The van der Waals surface area contributed by atoms with Crippen LogP contribution < -0.4 is 0 Å². The van der Waals surface area contributed by atoms with Gasteiger partial charge in [0.15, 0.2) is 5.82 Å². The molecule has 0 radical (unpaired) electrons. The minimum absolute atomic E-state index is 0.126. The zero-order valence-electron chi connectivity index (χ0n) is 42.0. The lowest BCUT2D eigenvalue weighted by Crippen LogP contribution is -2.10. The first kappa shape index (κ1) is 16.9. The molecular formula is C45H27N5S. The highest BCUT2D eigenvalue weighted by molar-refractivity contribution is 7.26. The van der Waals surface area contributed by atoms with Gasteiger partial charge in [0.1, 0.15) is 0 Å². The van der Waals surface area contributed by atoms with Gasteiger partial charge in [0.2, 0.25) is 11.9 Å². The highest BCUT2D eigenvalue weighted by Gasteiger charge is 2.20. The van der Waals surface area contributed by atoms with Crippen molar-refractivity contribution in [3.63, 3.8) is 0 Å². The molecule has 0 aliphatic heterocycles. The van der Waals surface area contributed by atoms with Gasteiger partial charge in [-0.25, -0.2) is 0 Å². The standard InChI is InChI=1S/C45H27N5S/c1-6-22-37-31(15-1)32-16-2-7-23-38(32)49(37)44-46-43(47-45(48-44)50-39-24-8-3-17-33(39)34-18-4-9-25-40(34)50)29-14-11-13-28(27-29)30-20-12-21-36-35-19-5-10-26-41(35)51-42(30)36/h1-27H/i1D,2D,3D,4D,6D,7D,8D,9D,15D,16D,17D,18D,22D,23D,24D,25D. The predicted molar refractivity (Wildman–Crippen MR) is 212 cm³/mol. The van der Waals surface area contributed by atoms with E-state index >= 15 is 0 Å². The summed E-state index contributed by atoms with van der Waals surface area (Å²) < 4.78 is 146. The Kier molecular flexibility index (Phi) is 3.61. The molecule has 5 nitrogen and oxygen atoms in total. The quantitative estimate of drug-likeness (QED) is 0.185. The van der Waals surface area contributed by atoms with Crippen LogP contribution in [-0.4, -0.2) is 24.1 Å². The minimum Gasteiger partial charge on any atom is -0.278 e. The molecule has 0 bridgehead atoms. The Bertz CT molecular complexity index is 3750. The van der Waals surface area contributed by atoms with E-state index in [1.165, 1.54) is 0 Å². The van der Waals surface area contributed by atoms with Crippen LogP contribution in [0.2, 0.25) is 0 Å². The zero-order chi connectivity index (χ0) is 47.4. The van der Waals surface area contributed by atoms with E-state index < -0.39 is 109 Å². The van der Waals surface area contributed by atoms with Gasteiger partial charge >= 0.3 is 0 Å². The van der Waals surface area contributed by atoms with E-state index in [0.29, 0.717) is 5.56 Å². The third kappa shape index (κ3) is 4.24. The van der Waals surface area contributed by atoms with Gasteiger partial charge in [0, 0.05) is 47.3 Å². The van der Waals surface area contributed by atoms with Crippen LogP contribution in [0.3, 0.4) is 0 Å². The second-order valence-corrected chi connectivity index (χ2v) is 12.7. The average Bonchev–Trinajstić information content (AvgIpc) is 4.03. The highest BCUT2D eigenvalue weighted by atomic mass is 32.1. The third-order valence-corrected chi connectivity index (χ3v) is 10.1. The summed E-state index contributed by atoms with van der Waals surface area (Å²) in [6.07, 6.45) is 0. The number of rotatable bonds is 4. The van der Waals surface area contributed by atoms with E-state index in [-0.39, 0.29) is 49.4 Å². The van der Waals surface area contributed by atoms with Gasteiger partial charge in [-0.2, -0.15) is 15.0 Å². The molecule has 0 amide bonds. The molecule has 6 heteroatoms. The van der Waals surface area contributed by atoms with Crippen molar-refractivity contribution in [1.82, 2.24) is 24.1 Å². The SMILES string of the molecule is [2H]c1c([2H])c([2H])c2c(c1[2H])c1c([2H])c([2H])c([2H])c([2H])c1n2-c1nc(-c2cccc(-c3cccc4c3sc3ccccc34)c2)nc(-n2c3c([2H])c([2H])c([2H])c([2H])c3c3c([2H])c([2H])c([2H])c([2H])c32)n1. The van der Waals surface area contributed by atoms with Crippen LogP contribution in [0, 0.1) is 0 Å². The molecule has 0 spiro atoms. The maximum atomic E-state index is 9.17. The van der Waals surface area contributed by atoms with Gasteiger partial charge in [0.25, 0.3) is 0 Å². The molecule has 51 heavy (non-hydrogen) atoms. The summed E-state index contributed by atoms with van der Waals surface area (Å²) in [5.74, 6) is -1.04. The normalized spacial score (nSPS) is 16.3. The Balaban J connectivity index is 1.32. The number of fused-ring (bicyclic) bond motifs is 9. The van der Waals surface area contributed by atoms with Gasteiger partial charge < -0.3 is 0 Å². The largest absolute Gasteiger partial charge is 0.278 e. The van der Waals surface area contributed by atoms with Crippen molar-refractivity contribution in [3.8, 4) is 34.4 Å². The molecule has 0 saturated carbocycles. The summed E-state index contributed by atoms with van der Waals surface area (Å²) in [5.41, 5.74) is 0.700. The summed E-state index contributed by atoms with van der Waals surface area (Å²) in [4.78, 5) is 14.5. The summed E-state index contributed by atoms with van der Waals surface area (Å²) in [7, 11) is 0. The fourth-order valence-corrected chi connectivity index (χ4v) is 7.96. The van der Waals surface area contributed by atoms with Crippen LogP contribution in [-0.2, 0) is 0 Å². The Hall–Kier alpha value is -6.63. The van der Waals surface area contributed by atoms with Crippen LogP contribution in [0.1, 0.15) is 21.9 Å². The number of hydrogen-bond acceptors (Lipinski definition) is 4. The second-order valence-electron chi connectivity index (χ2n) is 11.7. The Morgan fingerprint density at radius 2 is 0.941 bits per heavy atom. The molecule has 0 atom stereocenters. The topological polar surface area (TPSA) is 48.5 Å². The number of hydrogen-bond donors (Lipinski definition) is 0. The van der Waals surface area contributed by atoms with Crippen molar-refractivity contribution in [2.45, 2.75) is 0 Å². The Morgan fingerprint density at radius 1 is 0.451 bits per heavy atom. The zero-order valence-corrected chi connectivity index (χ0v) is 26.8. The van der Waals surface area contributed by atoms with Crippen molar-refractivity contribution in [3.05, 3.63) is 163 Å². The van der Waals surface area contributed by atoms with E-state index in [4.69, 9.17) is 31.4 Å². The summed E-state index contributed by atoms with van der Waals surface area (Å²) >= 11 is 1.61. The molecule has 0 aliphatic carbocycles. The first-order valence-corrected chi connectivity index (χ1v) is 16.6. The fourth-order valence-electron chi connectivity index (χ4n) is 6.72. The number of nitrogens with zero attached hydrogens (tertiary/aromatic N) is 5. The van der Waals surface area contributed by atoms with Gasteiger partial charge in [-0.1, -0.05) is 127 Å². The molecule has 0 fully saturated rings. The van der Waals surface area contributed by atoms with Gasteiger partial charge in [-0.3, -0.25) is 9.13 Å². The lowest BCUT2D eigenvalue weighted by Gasteiger charge is -2.13. The number of para-hydroxylation sites is 4. The van der Waals surface area contributed by atoms with E-state index in [1.807, 2.05) is 48.5 Å². The van der Waals surface area contributed by atoms with Crippen molar-refractivity contribution >= 4 is 75.1 Å². The maximum Gasteiger partial charge on any atom is 0.240 e. The van der Waals surface area contributed by atoms with E-state index in [1.54, 1.807) is 29.5 Å². The molecule has 11 aromatic rings. The van der Waals surface area contributed by atoms with Crippen LogP contribution in [0.5, 0.6) is 0 Å². The van der Waals surface area contributed by atoms with Crippen molar-refractivity contribution < 1.29 is 21.9 Å². The summed E-state index contributed by atoms with van der Waals surface area (Å²) in [6.45, 7) is 0. The first-order chi connectivity index (χ1) is 31.9. The smallest absolute Gasteiger partial charge is 0.240 e. The molecule has 238 valence electrons. The van der Waals surface area contributed by atoms with Crippen LogP contribution >= 0.6 is 11.3 Å². The molecule has 7 aromatic carbocycles. The molecule has 4 aromatic heterocycles. The maximum absolute atomic E-state index is 9.17. The van der Waals surface area contributed by atoms with Crippen molar-refractivity contribution in [1.29, 1.82) is 0 Å². The highest BCUT2D eigenvalue weighted by Crippen LogP contribution is 2.41. The molecule has 0 unspecified atom stereocenters. The first-order valence-electron chi connectivity index (χ1n) is 23.7. The van der Waals surface area contributed by atoms with Crippen molar-refractivity contribution in [2.24, 2.45) is 0 Å². The second kappa shape index (κ2) is 10.9. The third-order valence-electron chi connectivity index (χ3n) is 8.91. The van der Waals surface area contributed by atoms with Crippen molar-refractivity contribution in [2.75, 3.05) is 0 Å². The molecule has 4 heterocycles. The minimum atomic E-state index is -0.691. The lowest BCUT2D eigenvalue weighted by molar-refractivity contribution is 0.893. The average molecular weight is 686 g/mol. The van der Waals surface area contributed by atoms with E-state index in [9.17, 15) is 5.48 Å². The lowest BCUT2D eigenvalue weighted by atomic mass is 10.0. The Labute approximate surface area is 318 Å². The van der Waals surface area contributed by atoms with Crippen LogP contribution in [0.25, 0.3) is 98.2 Å². The van der Waals surface area contributed by atoms with Crippen LogP contribution in [0.4, 0.5) is 0 Å². The monoisotopic (exact) mass is 685 g/mol. The number of aromatic nitrogens is 5. The number of benzene rings is 7. The Morgan fingerprint density at radius 3 is 1.53 bits per heavy atom. The molecule has 0 aliphatic rings.